The Morgan fingerprint density at radius 3 is 2.38 bits per heavy atom. The molecule has 3 rings (SSSR count). The van der Waals surface area contributed by atoms with E-state index in [1.54, 1.807) is 18.2 Å². The van der Waals surface area contributed by atoms with E-state index in [1.807, 2.05) is 51.1 Å². The Morgan fingerprint density at radius 2 is 1.76 bits per heavy atom. The molecule has 0 fully saturated rings. The number of ether oxygens (including phenoxy) is 1. The molecule has 150 valence electrons. The summed E-state index contributed by atoms with van der Waals surface area (Å²) in [5.74, 6) is -0.186. The standard InChI is InChI=1S/C24H26N2O3/c1-5-8-19(24(28)29-4)21-16(3)25-23(18-9-6-7-10-20(18)27)26-22(21)17-13-11-15(2)12-14-17/h6-7,9-14,19,27H,5,8H2,1-4H3. The highest BCUT2D eigenvalue weighted by Crippen LogP contribution is 2.36. The zero-order valence-corrected chi connectivity index (χ0v) is 17.3. The predicted octanol–water partition coefficient (Wildman–Crippen LogP) is 5.19. The largest absolute Gasteiger partial charge is 0.507 e. The van der Waals surface area contributed by atoms with Crippen LogP contribution in [-0.4, -0.2) is 28.2 Å². The minimum Gasteiger partial charge on any atom is -0.507 e. The second kappa shape index (κ2) is 8.86. The molecule has 1 atom stereocenters. The third-order valence-corrected chi connectivity index (χ3v) is 5.02. The summed E-state index contributed by atoms with van der Waals surface area (Å²) < 4.78 is 5.08. The summed E-state index contributed by atoms with van der Waals surface area (Å²) in [5.41, 5.74) is 4.78. The van der Waals surface area contributed by atoms with E-state index in [1.165, 1.54) is 7.11 Å². The Kier molecular flexibility index (Phi) is 6.27. The van der Waals surface area contributed by atoms with Gasteiger partial charge in [-0.1, -0.05) is 55.3 Å². The van der Waals surface area contributed by atoms with Crippen LogP contribution < -0.4 is 0 Å². The first-order valence-corrected chi connectivity index (χ1v) is 9.78. The number of aromatic hydroxyl groups is 1. The maximum Gasteiger partial charge on any atom is 0.313 e. The lowest BCUT2D eigenvalue weighted by atomic mass is 9.89. The molecule has 0 aliphatic rings. The minimum atomic E-state index is -0.445. The molecule has 0 amide bonds. The van der Waals surface area contributed by atoms with Crippen LogP contribution in [0.1, 0.15) is 42.5 Å². The number of phenols is 1. The zero-order valence-electron chi connectivity index (χ0n) is 17.3. The molecular formula is C24H26N2O3. The number of carbonyl (C=O) groups excluding carboxylic acids is 1. The van der Waals surface area contributed by atoms with Gasteiger partial charge >= 0.3 is 5.97 Å². The van der Waals surface area contributed by atoms with Crippen molar-refractivity contribution in [3.8, 4) is 28.4 Å². The van der Waals surface area contributed by atoms with Crippen molar-refractivity contribution in [1.29, 1.82) is 0 Å². The second-order valence-corrected chi connectivity index (χ2v) is 7.14. The van der Waals surface area contributed by atoms with Crippen LogP contribution in [-0.2, 0) is 9.53 Å². The monoisotopic (exact) mass is 390 g/mol. The summed E-state index contributed by atoms with van der Waals surface area (Å²) in [6.07, 6.45) is 1.47. The van der Waals surface area contributed by atoms with Crippen LogP contribution in [0.25, 0.3) is 22.6 Å². The van der Waals surface area contributed by atoms with E-state index in [2.05, 4.69) is 4.98 Å². The number of carbonyl (C=O) groups is 1. The lowest BCUT2D eigenvalue weighted by molar-refractivity contribution is -0.142. The molecule has 2 aromatic carbocycles. The van der Waals surface area contributed by atoms with Gasteiger partial charge in [-0.15, -0.1) is 0 Å². The average Bonchev–Trinajstić information content (AvgIpc) is 2.72. The van der Waals surface area contributed by atoms with Gasteiger partial charge < -0.3 is 9.84 Å². The van der Waals surface area contributed by atoms with Gasteiger partial charge in [0.2, 0.25) is 0 Å². The molecule has 0 bridgehead atoms. The Bertz CT molecular complexity index is 1010. The van der Waals surface area contributed by atoms with E-state index in [-0.39, 0.29) is 11.7 Å². The molecule has 5 nitrogen and oxygen atoms in total. The lowest BCUT2D eigenvalue weighted by Gasteiger charge is -2.20. The summed E-state index contributed by atoms with van der Waals surface area (Å²) in [6, 6.07) is 15.0. The second-order valence-electron chi connectivity index (χ2n) is 7.14. The smallest absolute Gasteiger partial charge is 0.313 e. The molecule has 1 unspecified atom stereocenters. The number of esters is 1. The van der Waals surface area contributed by atoms with Crippen molar-refractivity contribution in [1.82, 2.24) is 9.97 Å². The Morgan fingerprint density at radius 1 is 1.07 bits per heavy atom. The third-order valence-electron chi connectivity index (χ3n) is 5.02. The van der Waals surface area contributed by atoms with Crippen LogP contribution in [0.2, 0.25) is 0 Å². The number of hydrogen-bond donors (Lipinski definition) is 1. The normalized spacial score (nSPS) is 11.9. The molecule has 1 N–H and O–H groups in total. The quantitative estimate of drug-likeness (QED) is 0.587. The van der Waals surface area contributed by atoms with E-state index in [4.69, 9.17) is 9.72 Å². The van der Waals surface area contributed by atoms with Gasteiger partial charge in [-0.3, -0.25) is 4.79 Å². The van der Waals surface area contributed by atoms with Gasteiger partial charge in [0.25, 0.3) is 0 Å². The van der Waals surface area contributed by atoms with Crippen LogP contribution >= 0.6 is 0 Å². The molecule has 0 spiro atoms. The lowest BCUT2D eigenvalue weighted by Crippen LogP contribution is -2.18. The first kappa shape index (κ1) is 20.5. The third kappa shape index (κ3) is 4.29. The van der Waals surface area contributed by atoms with E-state index >= 15 is 0 Å². The number of aryl methyl sites for hydroxylation is 2. The molecular weight excluding hydrogens is 364 g/mol. The van der Waals surface area contributed by atoms with Gasteiger partial charge in [-0.25, -0.2) is 9.97 Å². The Hall–Kier alpha value is -3.21. The number of nitrogens with zero attached hydrogens (tertiary/aromatic N) is 2. The average molecular weight is 390 g/mol. The first-order chi connectivity index (χ1) is 14.0. The predicted molar refractivity (Wildman–Crippen MR) is 114 cm³/mol. The highest BCUT2D eigenvalue weighted by molar-refractivity contribution is 5.82. The van der Waals surface area contributed by atoms with E-state index in [0.717, 1.165) is 23.1 Å². The van der Waals surface area contributed by atoms with Crippen molar-refractivity contribution in [3.63, 3.8) is 0 Å². The fourth-order valence-corrected chi connectivity index (χ4v) is 3.52. The number of benzene rings is 2. The summed E-state index contributed by atoms with van der Waals surface area (Å²) >= 11 is 0. The molecule has 29 heavy (non-hydrogen) atoms. The number of hydrogen-bond acceptors (Lipinski definition) is 5. The number of rotatable bonds is 6. The number of aromatic nitrogens is 2. The van der Waals surface area contributed by atoms with Crippen LogP contribution in [0.3, 0.4) is 0 Å². The van der Waals surface area contributed by atoms with Crippen molar-refractivity contribution < 1.29 is 14.6 Å². The SMILES string of the molecule is CCCC(C(=O)OC)c1c(C)nc(-c2ccccc2O)nc1-c1ccc(C)cc1. The molecule has 0 aliphatic heterocycles. The zero-order chi connectivity index (χ0) is 21.0. The molecule has 0 radical (unpaired) electrons. The summed E-state index contributed by atoms with van der Waals surface area (Å²) in [5, 5.41) is 10.3. The van der Waals surface area contributed by atoms with Gasteiger partial charge in [0.1, 0.15) is 5.75 Å². The Balaban J connectivity index is 2.28. The fourth-order valence-electron chi connectivity index (χ4n) is 3.52. The Labute approximate surface area is 171 Å². The maximum absolute atomic E-state index is 12.6. The molecule has 1 heterocycles. The first-order valence-electron chi connectivity index (χ1n) is 9.78. The molecule has 0 saturated heterocycles. The number of para-hydroxylation sites is 1. The maximum atomic E-state index is 12.6. The number of methoxy groups -OCH3 is 1. The van der Waals surface area contributed by atoms with Crippen molar-refractivity contribution in [2.75, 3.05) is 7.11 Å². The highest BCUT2D eigenvalue weighted by atomic mass is 16.5. The topological polar surface area (TPSA) is 72.3 Å². The molecule has 5 heteroatoms. The molecule has 1 aromatic heterocycles. The van der Waals surface area contributed by atoms with Crippen molar-refractivity contribution in [2.24, 2.45) is 0 Å². The van der Waals surface area contributed by atoms with Crippen LogP contribution in [0.15, 0.2) is 48.5 Å². The number of phenolic OH excluding ortho intramolecular Hbond substituents is 1. The van der Waals surface area contributed by atoms with Crippen LogP contribution in [0.4, 0.5) is 0 Å². The minimum absolute atomic E-state index is 0.118. The van der Waals surface area contributed by atoms with E-state index < -0.39 is 5.92 Å². The van der Waals surface area contributed by atoms with Gasteiger partial charge in [0.05, 0.1) is 24.3 Å². The van der Waals surface area contributed by atoms with Gasteiger partial charge in [-0.05, 0) is 32.4 Å². The van der Waals surface area contributed by atoms with Crippen LogP contribution in [0.5, 0.6) is 5.75 Å². The van der Waals surface area contributed by atoms with E-state index in [9.17, 15) is 9.90 Å². The molecule has 0 aliphatic carbocycles. The van der Waals surface area contributed by atoms with Gasteiger partial charge in [0, 0.05) is 16.8 Å². The van der Waals surface area contributed by atoms with Crippen molar-refractivity contribution >= 4 is 5.97 Å². The van der Waals surface area contributed by atoms with Crippen molar-refractivity contribution in [3.05, 3.63) is 65.4 Å². The summed E-state index contributed by atoms with van der Waals surface area (Å²) in [7, 11) is 1.41. The molecule has 3 aromatic rings. The fraction of sp³-hybridized carbons (Fsp3) is 0.292. The molecule has 0 saturated carbocycles. The van der Waals surface area contributed by atoms with Crippen molar-refractivity contribution in [2.45, 2.75) is 39.5 Å². The summed E-state index contributed by atoms with van der Waals surface area (Å²) in [4.78, 5) is 22.0. The van der Waals surface area contributed by atoms with Gasteiger partial charge in [-0.2, -0.15) is 0 Å². The highest BCUT2D eigenvalue weighted by Gasteiger charge is 2.28. The van der Waals surface area contributed by atoms with Gasteiger partial charge in [0.15, 0.2) is 5.82 Å². The summed E-state index contributed by atoms with van der Waals surface area (Å²) in [6.45, 7) is 5.94. The van der Waals surface area contributed by atoms with E-state index in [0.29, 0.717) is 29.2 Å². The van der Waals surface area contributed by atoms with Crippen LogP contribution in [0, 0.1) is 13.8 Å².